The van der Waals surface area contributed by atoms with E-state index in [-0.39, 0.29) is 36.4 Å². The van der Waals surface area contributed by atoms with Crippen molar-refractivity contribution in [2.24, 2.45) is 0 Å². The first-order valence-corrected chi connectivity index (χ1v) is 12.6. The molecule has 170 valence electrons. The first-order valence-electron chi connectivity index (χ1n) is 10.8. The van der Waals surface area contributed by atoms with Crippen LogP contribution in [0.1, 0.15) is 12.0 Å². The Labute approximate surface area is 205 Å². The Kier molecular flexibility index (Phi) is 6.42. The summed E-state index contributed by atoms with van der Waals surface area (Å²) in [4.78, 5) is 46.9. The second kappa shape index (κ2) is 9.79. The molecule has 5 rings (SSSR count). The molecule has 1 aromatic heterocycles. The lowest BCUT2D eigenvalue weighted by Crippen LogP contribution is -2.45. The van der Waals surface area contributed by atoms with Crippen molar-refractivity contribution in [2.45, 2.75) is 23.3 Å². The van der Waals surface area contributed by atoms with Crippen LogP contribution in [0.2, 0.25) is 0 Å². The zero-order chi connectivity index (χ0) is 23.5. The largest absolute Gasteiger partial charge is 0.325 e. The van der Waals surface area contributed by atoms with Gasteiger partial charge in [0.05, 0.1) is 28.1 Å². The van der Waals surface area contributed by atoms with Crippen LogP contribution in [0.3, 0.4) is 0 Å². The van der Waals surface area contributed by atoms with E-state index in [1.807, 2.05) is 60.7 Å². The molecule has 3 aromatic carbocycles. The monoisotopic (exact) mass is 487 g/mol. The minimum Gasteiger partial charge on any atom is -0.325 e. The number of anilines is 1. The molecule has 34 heavy (non-hydrogen) atoms. The van der Waals surface area contributed by atoms with E-state index in [0.717, 1.165) is 20.1 Å². The van der Waals surface area contributed by atoms with Crippen LogP contribution in [0.25, 0.3) is 10.2 Å². The zero-order valence-corrected chi connectivity index (χ0v) is 19.8. The third-order valence-corrected chi connectivity index (χ3v) is 7.79. The van der Waals surface area contributed by atoms with E-state index in [4.69, 9.17) is 0 Å². The van der Waals surface area contributed by atoms with E-state index in [2.05, 4.69) is 4.98 Å². The Hall–Kier alpha value is -3.49. The number of nitrogens with zero attached hydrogens (tertiary/aromatic N) is 3. The Bertz CT molecular complexity index is 1310. The highest BCUT2D eigenvalue weighted by atomic mass is 32.2. The molecular weight excluding hydrogens is 466 g/mol. The van der Waals surface area contributed by atoms with Crippen LogP contribution in [-0.2, 0) is 20.9 Å². The van der Waals surface area contributed by atoms with E-state index in [1.54, 1.807) is 29.2 Å². The number of hydrogen-bond donors (Lipinski definition) is 0. The second-order valence-corrected chi connectivity index (χ2v) is 10.1. The van der Waals surface area contributed by atoms with Crippen LogP contribution in [-0.4, -0.2) is 39.4 Å². The van der Waals surface area contributed by atoms with Crippen molar-refractivity contribution < 1.29 is 14.4 Å². The van der Waals surface area contributed by atoms with Crippen molar-refractivity contribution in [1.29, 1.82) is 0 Å². The molecule has 6 nitrogen and oxygen atoms in total. The molecular formula is C26H21N3O3S2. The van der Waals surface area contributed by atoms with Gasteiger partial charge in [-0.1, -0.05) is 72.4 Å². The predicted molar refractivity (Wildman–Crippen MR) is 135 cm³/mol. The number of amides is 3. The van der Waals surface area contributed by atoms with Gasteiger partial charge < -0.3 is 4.90 Å². The highest BCUT2D eigenvalue weighted by Crippen LogP contribution is 2.31. The van der Waals surface area contributed by atoms with Crippen LogP contribution in [0.15, 0.2) is 89.3 Å². The van der Waals surface area contributed by atoms with Gasteiger partial charge in [0, 0.05) is 6.54 Å². The fourth-order valence-corrected chi connectivity index (χ4v) is 5.93. The van der Waals surface area contributed by atoms with Gasteiger partial charge in [-0.15, -0.1) is 11.3 Å². The van der Waals surface area contributed by atoms with E-state index >= 15 is 0 Å². The molecule has 0 spiro atoms. The fraction of sp³-hybridized carbons (Fsp3) is 0.154. The predicted octanol–water partition coefficient (Wildman–Crippen LogP) is 4.75. The summed E-state index contributed by atoms with van der Waals surface area (Å²) in [6.45, 7) is 0.256. The van der Waals surface area contributed by atoms with Crippen molar-refractivity contribution in [2.75, 3.05) is 10.7 Å². The molecule has 0 N–H and O–H groups in total. The first-order chi connectivity index (χ1) is 16.6. The standard InChI is InChI=1S/C26H21N3O3S2/c30-23-15-21(25(32)29(23)19-11-5-2-6-12-19)28(16-18-9-3-1-4-10-18)24(31)17-33-26-27-20-13-7-8-14-22(20)34-26/h1-14,21H,15-17H2. The van der Waals surface area contributed by atoms with E-state index in [0.29, 0.717) is 5.69 Å². The number of benzene rings is 3. The molecule has 1 atom stereocenters. The van der Waals surface area contributed by atoms with Gasteiger partial charge in [-0.25, -0.2) is 9.88 Å². The van der Waals surface area contributed by atoms with E-state index in [9.17, 15) is 14.4 Å². The molecule has 0 saturated carbocycles. The molecule has 1 aliphatic rings. The number of thiazole rings is 1. The van der Waals surface area contributed by atoms with Gasteiger partial charge in [0.2, 0.25) is 11.8 Å². The Morgan fingerprint density at radius 2 is 1.65 bits per heavy atom. The number of hydrogen-bond acceptors (Lipinski definition) is 6. The summed E-state index contributed by atoms with van der Waals surface area (Å²) < 4.78 is 1.86. The minimum absolute atomic E-state index is 0.0297. The third kappa shape index (κ3) is 4.60. The Morgan fingerprint density at radius 3 is 2.38 bits per heavy atom. The molecule has 4 aromatic rings. The molecule has 0 aliphatic carbocycles. The smallest absolute Gasteiger partial charge is 0.257 e. The van der Waals surface area contributed by atoms with Crippen molar-refractivity contribution in [3.05, 3.63) is 90.5 Å². The average molecular weight is 488 g/mol. The summed E-state index contributed by atoms with van der Waals surface area (Å²) in [6.07, 6.45) is -0.0297. The molecule has 0 radical (unpaired) electrons. The minimum atomic E-state index is -0.837. The van der Waals surface area contributed by atoms with Gasteiger partial charge in [0.1, 0.15) is 6.04 Å². The normalized spacial score (nSPS) is 15.8. The summed E-state index contributed by atoms with van der Waals surface area (Å²) in [5.41, 5.74) is 2.33. The van der Waals surface area contributed by atoms with Crippen LogP contribution in [0, 0.1) is 0 Å². The zero-order valence-electron chi connectivity index (χ0n) is 18.2. The molecule has 2 heterocycles. The molecule has 8 heteroatoms. The number of imide groups is 1. The fourth-order valence-electron chi connectivity index (χ4n) is 3.98. The number of thioether (sulfide) groups is 1. The number of carbonyl (C=O) groups excluding carboxylic acids is 3. The van der Waals surface area contributed by atoms with Gasteiger partial charge in [0.25, 0.3) is 5.91 Å². The highest BCUT2D eigenvalue weighted by molar-refractivity contribution is 8.01. The van der Waals surface area contributed by atoms with Gasteiger partial charge in [0.15, 0.2) is 4.34 Å². The lowest BCUT2D eigenvalue weighted by atomic mass is 10.1. The van der Waals surface area contributed by atoms with Crippen LogP contribution < -0.4 is 4.90 Å². The molecule has 1 fully saturated rings. The quantitative estimate of drug-likeness (QED) is 0.278. The average Bonchev–Trinajstić information content (AvgIpc) is 3.41. The van der Waals surface area contributed by atoms with Gasteiger partial charge >= 0.3 is 0 Å². The molecule has 1 saturated heterocycles. The SMILES string of the molecule is O=C1CC(N(Cc2ccccc2)C(=O)CSc2nc3ccccc3s2)C(=O)N1c1ccccc1. The van der Waals surface area contributed by atoms with Crippen molar-refractivity contribution in [3.63, 3.8) is 0 Å². The number of rotatable bonds is 7. The Morgan fingerprint density at radius 1 is 0.971 bits per heavy atom. The molecule has 0 bridgehead atoms. The van der Waals surface area contributed by atoms with Gasteiger partial charge in [-0.3, -0.25) is 14.4 Å². The van der Waals surface area contributed by atoms with Crippen molar-refractivity contribution >= 4 is 56.7 Å². The van der Waals surface area contributed by atoms with Crippen LogP contribution >= 0.6 is 23.1 Å². The number of aromatic nitrogens is 1. The summed E-state index contributed by atoms with van der Waals surface area (Å²) in [5, 5.41) is 0. The lowest BCUT2D eigenvalue weighted by Gasteiger charge is -2.27. The lowest BCUT2D eigenvalue weighted by molar-refractivity contribution is -0.136. The highest BCUT2D eigenvalue weighted by Gasteiger charge is 2.44. The Balaban J connectivity index is 1.38. The maximum atomic E-state index is 13.4. The second-order valence-electron chi connectivity index (χ2n) is 7.87. The molecule has 3 amide bonds. The summed E-state index contributed by atoms with van der Waals surface area (Å²) in [5.74, 6) is -0.735. The number of para-hydroxylation sites is 2. The number of carbonyl (C=O) groups is 3. The summed E-state index contributed by atoms with van der Waals surface area (Å²) in [7, 11) is 0. The third-order valence-electron chi connectivity index (χ3n) is 5.62. The van der Waals surface area contributed by atoms with Gasteiger partial charge in [-0.2, -0.15) is 0 Å². The van der Waals surface area contributed by atoms with Crippen molar-refractivity contribution in [3.8, 4) is 0 Å². The van der Waals surface area contributed by atoms with Crippen LogP contribution in [0.5, 0.6) is 0 Å². The van der Waals surface area contributed by atoms with Gasteiger partial charge in [-0.05, 0) is 29.8 Å². The maximum absolute atomic E-state index is 13.4. The van der Waals surface area contributed by atoms with Crippen molar-refractivity contribution in [1.82, 2.24) is 9.88 Å². The first kappa shape index (κ1) is 22.3. The number of fused-ring (bicyclic) bond motifs is 1. The summed E-state index contributed by atoms with van der Waals surface area (Å²) >= 11 is 2.90. The van der Waals surface area contributed by atoms with E-state index in [1.165, 1.54) is 28.0 Å². The maximum Gasteiger partial charge on any atom is 0.257 e. The topological polar surface area (TPSA) is 70.6 Å². The van der Waals surface area contributed by atoms with E-state index < -0.39 is 6.04 Å². The summed E-state index contributed by atoms with van der Waals surface area (Å²) in [6, 6.07) is 25.4. The molecule has 1 aliphatic heterocycles. The molecule has 1 unspecified atom stereocenters. The van der Waals surface area contributed by atoms with Crippen LogP contribution in [0.4, 0.5) is 5.69 Å².